The normalized spacial score (nSPS) is 11.4. The molecule has 0 spiro atoms. The van der Waals surface area contributed by atoms with Crippen LogP contribution in [0.25, 0.3) is 0 Å². The first-order valence-corrected chi connectivity index (χ1v) is 8.71. The molecule has 0 amide bonds. The Kier molecular flexibility index (Phi) is 7.25. The second-order valence-corrected chi connectivity index (χ2v) is 6.09. The molecule has 0 saturated carbocycles. The summed E-state index contributed by atoms with van der Waals surface area (Å²) in [5.74, 6) is 1.66. The lowest BCUT2D eigenvalue weighted by molar-refractivity contribution is 0.694. The van der Waals surface area contributed by atoms with E-state index in [-0.39, 0.29) is 0 Å². The predicted octanol–water partition coefficient (Wildman–Crippen LogP) is 1.57. The fraction of sp³-hybridized carbons (Fsp3) is 0.500. The molecule has 1 aromatic heterocycles. The van der Waals surface area contributed by atoms with E-state index in [0.29, 0.717) is 6.54 Å². The van der Waals surface area contributed by atoms with Crippen LogP contribution in [0, 0.1) is 0 Å². The fourth-order valence-corrected chi connectivity index (χ4v) is 2.41. The molecule has 0 saturated heterocycles. The highest BCUT2D eigenvalue weighted by Crippen LogP contribution is 2.13. The standard InChI is InChI=1S/C18H29N7/c1-5-19-18(21-13-17-22-14-23-25(17)4)20-12-6-7-15-8-10-16(11-9-15)24(2)3/h8-11,14H,5-7,12-13H2,1-4H3,(H2,19,20,21). The number of anilines is 1. The van der Waals surface area contributed by atoms with Crippen molar-refractivity contribution >= 4 is 11.6 Å². The summed E-state index contributed by atoms with van der Waals surface area (Å²) >= 11 is 0. The molecule has 1 heterocycles. The average Bonchev–Trinajstić information content (AvgIpc) is 3.02. The van der Waals surface area contributed by atoms with E-state index in [0.717, 1.165) is 37.7 Å². The Bertz CT molecular complexity index is 658. The van der Waals surface area contributed by atoms with Gasteiger partial charge in [0, 0.05) is 39.9 Å². The maximum absolute atomic E-state index is 4.56. The molecule has 0 aliphatic rings. The number of nitrogens with one attached hydrogen (secondary N) is 2. The summed E-state index contributed by atoms with van der Waals surface area (Å²) in [5.41, 5.74) is 2.58. The van der Waals surface area contributed by atoms with E-state index in [1.807, 2.05) is 7.05 Å². The quantitative estimate of drug-likeness (QED) is 0.432. The molecule has 0 aliphatic carbocycles. The zero-order chi connectivity index (χ0) is 18.1. The van der Waals surface area contributed by atoms with Crippen molar-refractivity contribution in [3.63, 3.8) is 0 Å². The number of nitrogens with zero attached hydrogens (tertiary/aromatic N) is 5. The average molecular weight is 343 g/mol. The molecule has 0 bridgehead atoms. The largest absolute Gasteiger partial charge is 0.378 e. The molecule has 2 N–H and O–H groups in total. The van der Waals surface area contributed by atoms with Crippen molar-refractivity contribution in [2.45, 2.75) is 26.3 Å². The van der Waals surface area contributed by atoms with Crippen molar-refractivity contribution in [1.82, 2.24) is 25.4 Å². The summed E-state index contributed by atoms with van der Waals surface area (Å²) in [4.78, 5) is 10.9. The minimum absolute atomic E-state index is 0.512. The van der Waals surface area contributed by atoms with Gasteiger partial charge in [0.1, 0.15) is 18.7 Å². The Morgan fingerprint density at radius 1 is 1.20 bits per heavy atom. The number of aromatic nitrogens is 3. The van der Waals surface area contributed by atoms with Crippen LogP contribution >= 0.6 is 0 Å². The van der Waals surface area contributed by atoms with Gasteiger partial charge in [-0.2, -0.15) is 5.10 Å². The van der Waals surface area contributed by atoms with Crippen LogP contribution in [0.5, 0.6) is 0 Å². The number of aryl methyl sites for hydroxylation is 2. The molecule has 25 heavy (non-hydrogen) atoms. The van der Waals surface area contributed by atoms with Gasteiger partial charge in [-0.1, -0.05) is 12.1 Å². The van der Waals surface area contributed by atoms with E-state index in [1.165, 1.54) is 11.3 Å². The highest BCUT2D eigenvalue weighted by Gasteiger charge is 2.02. The Balaban J connectivity index is 1.78. The minimum atomic E-state index is 0.512. The summed E-state index contributed by atoms with van der Waals surface area (Å²) in [5, 5.41) is 10.7. The molecule has 0 radical (unpaired) electrons. The zero-order valence-corrected chi connectivity index (χ0v) is 15.7. The molecule has 136 valence electrons. The van der Waals surface area contributed by atoms with Crippen LogP contribution in [0.2, 0.25) is 0 Å². The van der Waals surface area contributed by atoms with E-state index in [9.17, 15) is 0 Å². The lowest BCUT2D eigenvalue weighted by Crippen LogP contribution is -2.38. The molecule has 0 unspecified atom stereocenters. The van der Waals surface area contributed by atoms with Crippen LogP contribution in [0.15, 0.2) is 35.6 Å². The maximum Gasteiger partial charge on any atom is 0.191 e. The Morgan fingerprint density at radius 3 is 2.56 bits per heavy atom. The summed E-state index contributed by atoms with van der Waals surface area (Å²) in [6.07, 6.45) is 3.64. The number of aliphatic imine (C=N–C) groups is 1. The number of hydrogen-bond acceptors (Lipinski definition) is 4. The van der Waals surface area contributed by atoms with Gasteiger partial charge in [0.15, 0.2) is 5.96 Å². The van der Waals surface area contributed by atoms with Gasteiger partial charge in [-0.05, 0) is 37.5 Å². The van der Waals surface area contributed by atoms with Crippen molar-refractivity contribution in [2.75, 3.05) is 32.1 Å². The molecule has 2 aromatic rings. The monoisotopic (exact) mass is 343 g/mol. The van der Waals surface area contributed by atoms with E-state index < -0.39 is 0 Å². The van der Waals surface area contributed by atoms with Crippen molar-refractivity contribution in [3.05, 3.63) is 42.0 Å². The SMILES string of the molecule is CCNC(=NCc1ncnn1C)NCCCc1ccc(N(C)C)cc1. The van der Waals surface area contributed by atoms with Crippen molar-refractivity contribution in [3.8, 4) is 0 Å². The third-order valence-corrected chi connectivity index (χ3v) is 3.92. The van der Waals surface area contributed by atoms with Crippen LogP contribution < -0.4 is 15.5 Å². The lowest BCUT2D eigenvalue weighted by Gasteiger charge is -2.13. The topological polar surface area (TPSA) is 70.4 Å². The van der Waals surface area contributed by atoms with Crippen LogP contribution in [0.3, 0.4) is 0 Å². The van der Waals surface area contributed by atoms with Gasteiger partial charge in [-0.15, -0.1) is 0 Å². The molecule has 2 rings (SSSR count). The van der Waals surface area contributed by atoms with Gasteiger partial charge in [-0.25, -0.2) is 9.98 Å². The molecule has 7 heteroatoms. The third-order valence-electron chi connectivity index (χ3n) is 3.92. The molecular weight excluding hydrogens is 314 g/mol. The highest BCUT2D eigenvalue weighted by atomic mass is 15.3. The number of benzene rings is 1. The van der Waals surface area contributed by atoms with Crippen LogP contribution in [0.1, 0.15) is 24.7 Å². The van der Waals surface area contributed by atoms with Gasteiger partial charge in [0.2, 0.25) is 0 Å². The smallest absolute Gasteiger partial charge is 0.191 e. The van der Waals surface area contributed by atoms with Gasteiger partial charge in [-0.3, -0.25) is 4.68 Å². The van der Waals surface area contributed by atoms with E-state index in [1.54, 1.807) is 11.0 Å². The van der Waals surface area contributed by atoms with Gasteiger partial charge in [0.05, 0.1) is 0 Å². The van der Waals surface area contributed by atoms with Crippen LogP contribution in [-0.2, 0) is 20.0 Å². The Labute approximate surface area is 150 Å². The number of rotatable bonds is 8. The van der Waals surface area contributed by atoms with Crippen LogP contribution in [0.4, 0.5) is 5.69 Å². The maximum atomic E-state index is 4.56. The molecule has 7 nitrogen and oxygen atoms in total. The van der Waals surface area contributed by atoms with E-state index in [2.05, 4.69) is 75.9 Å². The van der Waals surface area contributed by atoms with Crippen LogP contribution in [-0.4, -0.2) is 47.9 Å². The number of hydrogen-bond donors (Lipinski definition) is 2. The highest BCUT2D eigenvalue weighted by molar-refractivity contribution is 5.79. The van der Waals surface area contributed by atoms with Crippen molar-refractivity contribution in [1.29, 1.82) is 0 Å². The summed E-state index contributed by atoms with van der Waals surface area (Å²) in [6.45, 7) is 4.28. The van der Waals surface area contributed by atoms with Gasteiger partial charge < -0.3 is 15.5 Å². The first-order chi connectivity index (χ1) is 12.1. The number of guanidine groups is 1. The third kappa shape index (κ3) is 6.10. The first kappa shape index (κ1) is 18.8. The zero-order valence-electron chi connectivity index (χ0n) is 15.7. The molecular formula is C18H29N7. The second kappa shape index (κ2) is 9.66. The van der Waals surface area contributed by atoms with Crippen molar-refractivity contribution < 1.29 is 0 Å². The minimum Gasteiger partial charge on any atom is -0.378 e. The molecule has 0 aliphatic heterocycles. The second-order valence-electron chi connectivity index (χ2n) is 6.09. The lowest BCUT2D eigenvalue weighted by atomic mass is 10.1. The molecule has 0 atom stereocenters. The summed E-state index contributed by atoms with van der Waals surface area (Å²) in [6, 6.07) is 8.72. The van der Waals surface area contributed by atoms with E-state index in [4.69, 9.17) is 0 Å². The summed E-state index contributed by atoms with van der Waals surface area (Å²) in [7, 11) is 5.99. The Morgan fingerprint density at radius 2 is 1.96 bits per heavy atom. The van der Waals surface area contributed by atoms with Crippen molar-refractivity contribution in [2.24, 2.45) is 12.0 Å². The predicted molar refractivity (Wildman–Crippen MR) is 103 cm³/mol. The van der Waals surface area contributed by atoms with Gasteiger partial charge in [0.25, 0.3) is 0 Å². The molecule has 0 fully saturated rings. The molecule has 1 aromatic carbocycles. The first-order valence-electron chi connectivity index (χ1n) is 8.71. The van der Waals surface area contributed by atoms with E-state index >= 15 is 0 Å². The fourth-order valence-electron chi connectivity index (χ4n) is 2.41. The van der Waals surface area contributed by atoms with Gasteiger partial charge >= 0.3 is 0 Å². The summed E-state index contributed by atoms with van der Waals surface area (Å²) < 4.78 is 1.74. The Hall–Kier alpha value is -2.57.